The molecular formula is C19H19N3O4. The molecule has 0 aliphatic carbocycles. The number of oxazole rings is 1. The molecule has 0 atom stereocenters. The van der Waals surface area contributed by atoms with Crippen molar-refractivity contribution >= 4 is 16.8 Å². The number of nitrogens with one attached hydrogen (secondary N) is 1. The summed E-state index contributed by atoms with van der Waals surface area (Å²) < 4.78 is 10.7. The molecule has 4 rings (SSSR count). The molecule has 0 saturated carbocycles. The van der Waals surface area contributed by atoms with Gasteiger partial charge in [-0.2, -0.15) is 0 Å². The normalized spacial score (nSPS) is 13.8. The highest BCUT2D eigenvalue weighted by Crippen LogP contribution is 2.24. The summed E-state index contributed by atoms with van der Waals surface area (Å²) >= 11 is 0. The minimum absolute atomic E-state index is 0.173. The van der Waals surface area contributed by atoms with E-state index in [9.17, 15) is 9.59 Å². The first-order chi connectivity index (χ1) is 12.5. The molecule has 134 valence electrons. The van der Waals surface area contributed by atoms with Crippen LogP contribution in [0.3, 0.4) is 0 Å². The van der Waals surface area contributed by atoms with Crippen molar-refractivity contribution < 1.29 is 13.9 Å². The first kappa shape index (κ1) is 16.5. The average Bonchev–Trinajstić information content (AvgIpc) is 3.02. The number of aryl methyl sites for hydroxylation is 1. The lowest BCUT2D eigenvalue weighted by atomic mass is 10.0. The van der Waals surface area contributed by atoms with Gasteiger partial charge in [-0.15, -0.1) is 0 Å². The van der Waals surface area contributed by atoms with Gasteiger partial charge in [0.2, 0.25) is 11.4 Å². The Labute approximate surface area is 149 Å². The lowest BCUT2D eigenvalue weighted by Gasteiger charge is -2.25. The molecule has 1 amide bonds. The summed E-state index contributed by atoms with van der Waals surface area (Å²) in [5, 5.41) is 0.751. The zero-order valence-corrected chi connectivity index (χ0v) is 14.7. The summed E-state index contributed by atoms with van der Waals surface area (Å²) in [7, 11) is 1.58. The maximum absolute atomic E-state index is 13.1. The standard InChI is InChI=1S/C19H19N3O4/c1-11-3-4-14-12(7-11)13(8-17(23)20-14)19(24)22-6-5-16-15(9-22)21-18(26-16)10-25-2/h3-4,7-8H,5-6,9-10H2,1-2H3,(H,20,23). The van der Waals surface area contributed by atoms with Crippen LogP contribution in [0, 0.1) is 6.92 Å². The predicted octanol–water partition coefficient (Wildman–Crippen LogP) is 2.17. The van der Waals surface area contributed by atoms with E-state index in [1.165, 1.54) is 6.07 Å². The number of pyridine rings is 1. The molecule has 3 heterocycles. The van der Waals surface area contributed by atoms with Crippen molar-refractivity contribution in [3.05, 3.63) is 63.1 Å². The van der Waals surface area contributed by atoms with E-state index in [2.05, 4.69) is 9.97 Å². The summed E-state index contributed by atoms with van der Waals surface area (Å²) in [6.07, 6.45) is 0.595. The average molecular weight is 353 g/mol. The number of fused-ring (bicyclic) bond motifs is 2. The van der Waals surface area contributed by atoms with Crippen molar-refractivity contribution in [3.63, 3.8) is 0 Å². The molecule has 0 fully saturated rings. The van der Waals surface area contributed by atoms with Gasteiger partial charge in [0.25, 0.3) is 5.91 Å². The third kappa shape index (κ3) is 2.90. The third-order valence-corrected chi connectivity index (χ3v) is 4.56. The van der Waals surface area contributed by atoms with Gasteiger partial charge in [-0.25, -0.2) is 4.98 Å². The molecule has 1 aliphatic heterocycles. The van der Waals surface area contributed by atoms with Crippen molar-refractivity contribution in [2.75, 3.05) is 13.7 Å². The largest absolute Gasteiger partial charge is 0.443 e. The summed E-state index contributed by atoms with van der Waals surface area (Å²) in [6, 6.07) is 7.03. The lowest BCUT2D eigenvalue weighted by Crippen LogP contribution is -2.36. The van der Waals surface area contributed by atoms with E-state index < -0.39 is 0 Å². The molecule has 7 heteroatoms. The van der Waals surface area contributed by atoms with Gasteiger partial charge in [0.15, 0.2) is 0 Å². The number of hydrogen-bond donors (Lipinski definition) is 1. The van der Waals surface area contributed by atoms with Gasteiger partial charge >= 0.3 is 0 Å². The number of amides is 1. The van der Waals surface area contributed by atoms with Crippen LogP contribution in [0.2, 0.25) is 0 Å². The quantitative estimate of drug-likeness (QED) is 0.780. The Morgan fingerprint density at radius 2 is 2.23 bits per heavy atom. The van der Waals surface area contributed by atoms with E-state index in [-0.39, 0.29) is 11.5 Å². The van der Waals surface area contributed by atoms with E-state index in [1.54, 1.807) is 12.0 Å². The number of benzene rings is 1. The number of hydrogen-bond acceptors (Lipinski definition) is 5. The maximum atomic E-state index is 13.1. The summed E-state index contributed by atoms with van der Waals surface area (Å²) in [5.74, 6) is 1.14. The predicted molar refractivity (Wildman–Crippen MR) is 95.0 cm³/mol. The van der Waals surface area contributed by atoms with E-state index in [4.69, 9.17) is 9.15 Å². The van der Waals surface area contributed by atoms with E-state index in [1.807, 2.05) is 25.1 Å². The number of aromatic nitrogens is 2. The molecular weight excluding hydrogens is 334 g/mol. The van der Waals surface area contributed by atoms with Crippen molar-refractivity contribution in [2.24, 2.45) is 0 Å². The minimum atomic E-state index is -0.286. The van der Waals surface area contributed by atoms with Gasteiger partial charge in [-0.05, 0) is 19.1 Å². The molecule has 0 radical (unpaired) electrons. The number of aromatic amines is 1. The molecule has 1 aliphatic rings. The zero-order valence-electron chi connectivity index (χ0n) is 14.7. The van der Waals surface area contributed by atoms with Gasteiger partial charge in [-0.1, -0.05) is 11.6 Å². The molecule has 1 N–H and O–H groups in total. The molecule has 0 unspecified atom stereocenters. The first-order valence-corrected chi connectivity index (χ1v) is 8.44. The first-order valence-electron chi connectivity index (χ1n) is 8.44. The van der Waals surface area contributed by atoms with Gasteiger partial charge in [0, 0.05) is 37.0 Å². The fourth-order valence-electron chi connectivity index (χ4n) is 3.33. The number of H-pyrrole nitrogens is 1. The Morgan fingerprint density at radius 3 is 3.04 bits per heavy atom. The Balaban J connectivity index is 1.69. The van der Waals surface area contributed by atoms with Crippen LogP contribution in [0.25, 0.3) is 10.9 Å². The Kier molecular flexibility index (Phi) is 4.08. The van der Waals surface area contributed by atoms with E-state index in [0.717, 1.165) is 22.4 Å². The third-order valence-electron chi connectivity index (χ3n) is 4.56. The Bertz CT molecular complexity index is 1050. The van der Waals surface area contributed by atoms with Crippen LogP contribution in [-0.4, -0.2) is 34.4 Å². The molecule has 0 spiro atoms. The molecule has 1 aromatic carbocycles. The monoisotopic (exact) mass is 353 g/mol. The van der Waals surface area contributed by atoms with Gasteiger partial charge in [-0.3, -0.25) is 9.59 Å². The van der Waals surface area contributed by atoms with Crippen molar-refractivity contribution in [2.45, 2.75) is 26.5 Å². The van der Waals surface area contributed by atoms with Gasteiger partial charge in [0.05, 0.1) is 12.1 Å². The summed E-state index contributed by atoms with van der Waals surface area (Å²) in [5.41, 5.74) is 2.57. The van der Waals surface area contributed by atoms with Crippen molar-refractivity contribution in [1.82, 2.24) is 14.9 Å². The second-order valence-electron chi connectivity index (χ2n) is 6.48. The number of nitrogens with zero attached hydrogens (tertiary/aromatic N) is 2. The number of carbonyl (C=O) groups is 1. The van der Waals surface area contributed by atoms with E-state index in [0.29, 0.717) is 43.1 Å². The number of methoxy groups -OCH3 is 1. The Morgan fingerprint density at radius 1 is 1.38 bits per heavy atom. The highest BCUT2D eigenvalue weighted by atomic mass is 16.5. The van der Waals surface area contributed by atoms with Crippen molar-refractivity contribution in [1.29, 1.82) is 0 Å². The Hall–Kier alpha value is -2.93. The molecule has 7 nitrogen and oxygen atoms in total. The molecule has 2 aromatic heterocycles. The van der Waals surface area contributed by atoms with Crippen molar-refractivity contribution in [3.8, 4) is 0 Å². The number of carbonyl (C=O) groups excluding carboxylic acids is 1. The van der Waals surface area contributed by atoms with Crippen LogP contribution in [0.15, 0.2) is 33.5 Å². The van der Waals surface area contributed by atoms with Crippen LogP contribution < -0.4 is 5.56 Å². The fraction of sp³-hybridized carbons (Fsp3) is 0.316. The van der Waals surface area contributed by atoms with Crippen LogP contribution in [0.5, 0.6) is 0 Å². The molecule has 3 aromatic rings. The van der Waals surface area contributed by atoms with Gasteiger partial charge in [0.1, 0.15) is 18.1 Å². The number of rotatable bonds is 3. The highest BCUT2D eigenvalue weighted by Gasteiger charge is 2.27. The van der Waals surface area contributed by atoms with Gasteiger partial charge < -0.3 is 19.0 Å². The van der Waals surface area contributed by atoms with Crippen LogP contribution in [0.4, 0.5) is 0 Å². The fourth-order valence-corrected chi connectivity index (χ4v) is 3.33. The highest BCUT2D eigenvalue weighted by molar-refractivity contribution is 6.06. The topological polar surface area (TPSA) is 88.4 Å². The van der Waals surface area contributed by atoms with Crippen LogP contribution in [0.1, 0.15) is 33.3 Å². The van der Waals surface area contributed by atoms with E-state index >= 15 is 0 Å². The number of ether oxygens (including phenoxy) is 1. The lowest BCUT2D eigenvalue weighted by molar-refractivity contribution is 0.0729. The minimum Gasteiger partial charge on any atom is -0.443 e. The molecule has 0 saturated heterocycles. The van der Waals surface area contributed by atoms with Crippen LogP contribution in [-0.2, 0) is 24.3 Å². The van der Waals surface area contributed by atoms with Crippen LogP contribution >= 0.6 is 0 Å². The zero-order chi connectivity index (χ0) is 18.3. The summed E-state index contributed by atoms with van der Waals surface area (Å²) in [4.78, 5) is 34.0. The molecule has 26 heavy (non-hydrogen) atoms. The SMILES string of the molecule is COCc1nc2c(o1)CCN(C(=O)c1cc(=O)[nH]c3ccc(C)cc13)C2. The second-order valence-corrected chi connectivity index (χ2v) is 6.48. The summed E-state index contributed by atoms with van der Waals surface area (Å²) in [6.45, 7) is 3.15. The second kappa shape index (κ2) is 6.42. The smallest absolute Gasteiger partial charge is 0.255 e. The maximum Gasteiger partial charge on any atom is 0.255 e. The molecule has 0 bridgehead atoms.